The summed E-state index contributed by atoms with van der Waals surface area (Å²) in [5.41, 5.74) is 2.37. The molecule has 3 aromatic rings. The van der Waals surface area contributed by atoms with E-state index >= 15 is 0 Å². The van der Waals surface area contributed by atoms with Crippen LogP contribution < -0.4 is 0 Å². The molecule has 1 amide bonds. The molecule has 2 heterocycles. The summed E-state index contributed by atoms with van der Waals surface area (Å²) in [7, 11) is 1.77. The van der Waals surface area contributed by atoms with Crippen LogP contribution in [0.2, 0.25) is 0 Å². The molecular weight excluding hydrogens is 376 g/mol. The van der Waals surface area contributed by atoms with E-state index in [-0.39, 0.29) is 5.91 Å². The number of aryl methyl sites for hydroxylation is 1. The van der Waals surface area contributed by atoms with Crippen molar-refractivity contribution in [1.29, 1.82) is 0 Å². The Kier molecular flexibility index (Phi) is 4.58. The molecule has 2 aromatic heterocycles. The summed E-state index contributed by atoms with van der Waals surface area (Å²) >= 11 is 4.99. The maximum atomic E-state index is 12.5. The van der Waals surface area contributed by atoms with Crippen molar-refractivity contribution in [3.05, 3.63) is 62.8 Å². The molecule has 0 unspecified atom stereocenters. The molecular formula is C16H15BrN4OS. The predicted molar refractivity (Wildman–Crippen MR) is 93.9 cm³/mol. The van der Waals surface area contributed by atoms with Gasteiger partial charge in [-0.3, -0.25) is 4.79 Å². The van der Waals surface area contributed by atoms with E-state index in [1.807, 2.05) is 36.6 Å². The maximum absolute atomic E-state index is 12.5. The molecule has 0 aliphatic carbocycles. The standard InChI is InChI=1S/C16H15BrN4OS/c1-11-19-14(10-23-11)9-20(2)16(22)12-7-18-21(8-12)15-5-3-13(17)4-6-15/h3-8,10H,9H2,1-2H3. The van der Waals surface area contributed by atoms with E-state index in [2.05, 4.69) is 26.0 Å². The number of benzene rings is 1. The number of amides is 1. The molecule has 0 spiro atoms. The molecule has 0 saturated heterocycles. The molecule has 0 aliphatic rings. The third-order valence-corrected chi connectivity index (χ3v) is 4.68. The number of rotatable bonds is 4. The van der Waals surface area contributed by atoms with Gasteiger partial charge in [0.05, 0.1) is 34.7 Å². The lowest BCUT2D eigenvalue weighted by Gasteiger charge is -2.14. The van der Waals surface area contributed by atoms with Gasteiger partial charge in [0, 0.05) is 23.1 Å². The van der Waals surface area contributed by atoms with Crippen LogP contribution >= 0.6 is 27.3 Å². The van der Waals surface area contributed by atoms with Gasteiger partial charge in [0.15, 0.2) is 0 Å². The minimum atomic E-state index is -0.0704. The minimum Gasteiger partial charge on any atom is -0.336 e. The van der Waals surface area contributed by atoms with Crippen molar-refractivity contribution < 1.29 is 4.79 Å². The van der Waals surface area contributed by atoms with Crippen LogP contribution in [0.1, 0.15) is 21.1 Å². The molecule has 5 nitrogen and oxygen atoms in total. The Morgan fingerprint density at radius 1 is 1.35 bits per heavy atom. The highest BCUT2D eigenvalue weighted by atomic mass is 79.9. The van der Waals surface area contributed by atoms with Crippen LogP contribution in [0.4, 0.5) is 0 Å². The first-order valence-electron chi connectivity index (χ1n) is 7.00. The molecule has 0 bridgehead atoms. The van der Waals surface area contributed by atoms with E-state index in [9.17, 15) is 4.79 Å². The van der Waals surface area contributed by atoms with E-state index in [4.69, 9.17) is 0 Å². The molecule has 3 rings (SSSR count). The lowest BCUT2D eigenvalue weighted by molar-refractivity contribution is 0.0783. The van der Waals surface area contributed by atoms with Gasteiger partial charge in [0.2, 0.25) is 0 Å². The van der Waals surface area contributed by atoms with Crippen LogP contribution in [0.3, 0.4) is 0 Å². The molecule has 0 fully saturated rings. The quantitative estimate of drug-likeness (QED) is 0.682. The Bertz CT molecular complexity index is 825. The van der Waals surface area contributed by atoms with E-state index < -0.39 is 0 Å². The first kappa shape index (κ1) is 15.9. The number of aromatic nitrogens is 3. The van der Waals surface area contributed by atoms with Gasteiger partial charge in [-0.05, 0) is 31.2 Å². The van der Waals surface area contributed by atoms with Crippen molar-refractivity contribution in [2.45, 2.75) is 13.5 Å². The van der Waals surface area contributed by atoms with Crippen LogP contribution in [0.15, 0.2) is 46.5 Å². The van der Waals surface area contributed by atoms with Gasteiger partial charge < -0.3 is 4.90 Å². The summed E-state index contributed by atoms with van der Waals surface area (Å²) in [4.78, 5) is 18.5. The van der Waals surface area contributed by atoms with Crippen LogP contribution in [-0.2, 0) is 6.54 Å². The number of carbonyl (C=O) groups excluding carboxylic acids is 1. The van der Waals surface area contributed by atoms with Crippen LogP contribution in [-0.4, -0.2) is 32.6 Å². The van der Waals surface area contributed by atoms with Crippen molar-refractivity contribution in [2.75, 3.05) is 7.05 Å². The summed E-state index contributed by atoms with van der Waals surface area (Å²) in [6.07, 6.45) is 3.33. The van der Waals surface area contributed by atoms with Crippen LogP contribution in [0.25, 0.3) is 5.69 Å². The number of halogens is 1. The molecule has 0 radical (unpaired) electrons. The first-order chi connectivity index (χ1) is 11.0. The third-order valence-electron chi connectivity index (χ3n) is 3.33. The zero-order valence-electron chi connectivity index (χ0n) is 12.7. The lowest BCUT2D eigenvalue weighted by atomic mass is 10.3. The second-order valence-electron chi connectivity index (χ2n) is 5.17. The summed E-state index contributed by atoms with van der Waals surface area (Å²) in [5, 5.41) is 7.25. The summed E-state index contributed by atoms with van der Waals surface area (Å²) in [6.45, 7) is 2.45. The predicted octanol–water partition coefficient (Wildman–Crippen LogP) is 3.67. The van der Waals surface area contributed by atoms with Gasteiger partial charge in [0.1, 0.15) is 0 Å². The molecule has 23 heavy (non-hydrogen) atoms. The zero-order chi connectivity index (χ0) is 16.4. The molecule has 0 saturated carbocycles. The highest BCUT2D eigenvalue weighted by Gasteiger charge is 2.15. The summed E-state index contributed by atoms with van der Waals surface area (Å²) < 4.78 is 2.70. The lowest BCUT2D eigenvalue weighted by Crippen LogP contribution is -2.26. The SMILES string of the molecule is Cc1nc(CN(C)C(=O)c2cnn(-c3ccc(Br)cc3)c2)cs1. The normalized spacial score (nSPS) is 10.7. The second-order valence-corrected chi connectivity index (χ2v) is 7.15. The van der Waals surface area contributed by atoms with Crippen molar-refractivity contribution in [1.82, 2.24) is 19.7 Å². The Hall–Kier alpha value is -1.99. The number of hydrogen-bond donors (Lipinski definition) is 0. The maximum Gasteiger partial charge on any atom is 0.257 e. The monoisotopic (exact) mass is 390 g/mol. The number of thiazole rings is 1. The number of nitrogens with zero attached hydrogens (tertiary/aromatic N) is 4. The van der Waals surface area contributed by atoms with E-state index in [1.165, 1.54) is 0 Å². The van der Waals surface area contributed by atoms with Crippen molar-refractivity contribution in [2.24, 2.45) is 0 Å². The minimum absolute atomic E-state index is 0.0704. The summed E-state index contributed by atoms with van der Waals surface area (Å²) in [6, 6.07) is 7.75. The van der Waals surface area contributed by atoms with E-state index in [1.54, 1.807) is 40.4 Å². The van der Waals surface area contributed by atoms with E-state index in [0.717, 1.165) is 20.9 Å². The van der Waals surface area contributed by atoms with Crippen LogP contribution in [0.5, 0.6) is 0 Å². The Morgan fingerprint density at radius 2 is 2.09 bits per heavy atom. The molecule has 118 valence electrons. The average molecular weight is 391 g/mol. The third kappa shape index (κ3) is 3.68. The largest absolute Gasteiger partial charge is 0.336 e. The highest BCUT2D eigenvalue weighted by Crippen LogP contribution is 2.15. The fraction of sp³-hybridized carbons (Fsp3) is 0.188. The van der Waals surface area contributed by atoms with Crippen molar-refractivity contribution in [3.8, 4) is 5.69 Å². The Balaban J connectivity index is 1.74. The Morgan fingerprint density at radius 3 is 2.74 bits per heavy atom. The fourth-order valence-electron chi connectivity index (χ4n) is 2.18. The highest BCUT2D eigenvalue weighted by molar-refractivity contribution is 9.10. The fourth-order valence-corrected chi connectivity index (χ4v) is 3.05. The second kappa shape index (κ2) is 6.64. The first-order valence-corrected chi connectivity index (χ1v) is 8.67. The Labute approximate surface area is 146 Å². The topological polar surface area (TPSA) is 51.0 Å². The van der Waals surface area contributed by atoms with Gasteiger partial charge >= 0.3 is 0 Å². The van der Waals surface area contributed by atoms with E-state index in [0.29, 0.717) is 12.1 Å². The van der Waals surface area contributed by atoms with Crippen molar-refractivity contribution in [3.63, 3.8) is 0 Å². The smallest absolute Gasteiger partial charge is 0.257 e. The van der Waals surface area contributed by atoms with Gasteiger partial charge in [0.25, 0.3) is 5.91 Å². The van der Waals surface area contributed by atoms with Crippen molar-refractivity contribution >= 4 is 33.2 Å². The molecule has 0 atom stereocenters. The van der Waals surface area contributed by atoms with Crippen LogP contribution in [0, 0.1) is 6.92 Å². The molecule has 0 N–H and O–H groups in total. The van der Waals surface area contributed by atoms with Gasteiger partial charge in [-0.1, -0.05) is 15.9 Å². The van der Waals surface area contributed by atoms with Gasteiger partial charge in [-0.2, -0.15) is 5.10 Å². The summed E-state index contributed by atoms with van der Waals surface area (Å²) in [5.74, 6) is -0.0704. The number of hydrogen-bond acceptors (Lipinski definition) is 4. The number of carbonyl (C=O) groups is 1. The molecule has 7 heteroatoms. The molecule has 1 aromatic carbocycles. The molecule has 0 aliphatic heterocycles. The average Bonchev–Trinajstić information content (AvgIpc) is 3.16. The van der Waals surface area contributed by atoms with Gasteiger partial charge in [-0.15, -0.1) is 11.3 Å². The van der Waals surface area contributed by atoms with Gasteiger partial charge in [-0.25, -0.2) is 9.67 Å². The zero-order valence-corrected chi connectivity index (χ0v) is 15.1.